The van der Waals surface area contributed by atoms with Gasteiger partial charge in [-0.3, -0.25) is 9.69 Å². The minimum atomic E-state index is -0.624. The SMILES string of the molecule is Cc1nn2c3c(nc2s1)CCN(C(=O)OC(C)(C)C)C3c1ncc(C(=O)N(C)C)s1. The van der Waals surface area contributed by atoms with E-state index in [1.807, 2.05) is 27.7 Å². The van der Waals surface area contributed by atoms with Crippen molar-refractivity contribution >= 4 is 39.6 Å². The number of fused-ring (bicyclic) bond motifs is 3. The lowest BCUT2D eigenvalue weighted by Crippen LogP contribution is -2.43. The molecule has 3 aromatic heterocycles. The molecule has 30 heavy (non-hydrogen) atoms. The van der Waals surface area contributed by atoms with Crippen LogP contribution in [0.3, 0.4) is 0 Å². The lowest BCUT2D eigenvalue weighted by atomic mass is 10.0. The molecule has 1 aliphatic heterocycles. The molecule has 1 unspecified atom stereocenters. The first-order valence-corrected chi connectivity index (χ1v) is 11.2. The van der Waals surface area contributed by atoms with Crippen LogP contribution in [0.4, 0.5) is 4.79 Å². The molecule has 2 amide bonds. The molecule has 0 fully saturated rings. The zero-order valence-electron chi connectivity index (χ0n) is 17.8. The molecule has 9 nitrogen and oxygen atoms in total. The molecular weight excluding hydrogens is 424 g/mol. The van der Waals surface area contributed by atoms with E-state index in [4.69, 9.17) is 9.72 Å². The zero-order valence-corrected chi connectivity index (χ0v) is 19.4. The van der Waals surface area contributed by atoms with Crippen LogP contribution in [0, 0.1) is 6.92 Å². The van der Waals surface area contributed by atoms with Gasteiger partial charge >= 0.3 is 6.09 Å². The smallest absolute Gasteiger partial charge is 0.411 e. The van der Waals surface area contributed by atoms with E-state index < -0.39 is 17.7 Å². The number of hydrogen-bond donors (Lipinski definition) is 0. The van der Waals surface area contributed by atoms with Crippen molar-refractivity contribution in [1.29, 1.82) is 0 Å². The molecule has 0 aliphatic carbocycles. The van der Waals surface area contributed by atoms with Gasteiger partial charge in [-0.1, -0.05) is 11.3 Å². The van der Waals surface area contributed by atoms with Crippen LogP contribution in [0.25, 0.3) is 4.96 Å². The first kappa shape index (κ1) is 20.7. The maximum atomic E-state index is 13.1. The van der Waals surface area contributed by atoms with Gasteiger partial charge in [0.25, 0.3) is 5.91 Å². The van der Waals surface area contributed by atoms with Crippen LogP contribution in [0.2, 0.25) is 0 Å². The monoisotopic (exact) mass is 448 g/mol. The van der Waals surface area contributed by atoms with E-state index in [1.54, 1.807) is 29.7 Å². The minimum Gasteiger partial charge on any atom is -0.444 e. The fourth-order valence-electron chi connectivity index (χ4n) is 3.36. The number of aromatic nitrogens is 4. The van der Waals surface area contributed by atoms with Crippen molar-refractivity contribution in [3.63, 3.8) is 0 Å². The van der Waals surface area contributed by atoms with Gasteiger partial charge in [0.2, 0.25) is 4.96 Å². The summed E-state index contributed by atoms with van der Waals surface area (Å²) < 4.78 is 7.47. The number of imidazole rings is 1. The van der Waals surface area contributed by atoms with E-state index in [-0.39, 0.29) is 5.91 Å². The second-order valence-electron chi connectivity index (χ2n) is 8.35. The molecule has 3 aromatic rings. The van der Waals surface area contributed by atoms with E-state index in [0.29, 0.717) is 22.9 Å². The molecule has 0 aromatic carbocycles. The average molecular weight is 449 g/mol. The van der Waals surface area contributed by atoms with Gasteiger partial charge in [-0.15, -0.1) is 11.3 Å². The number of carbonyl (C=O) groups excluding carboxylic acids is 2. The molecule has 0 spiro atoms. The van der Waals surface area contributed by atoms with Gasteiger partial charge in [0.05, 0.1) is 17.6 Å². The number of thiazole rings is 1. The summed E-state index contributed by atoms with van der Waals surface area (Å²) in [5.41, 5.74) is 1.08. The third kappa shape index (κ3) is 3.67. The molecule has 0 N–H and O–H groups in total. The number of carbonyl (C=O) groups is 2. The number of rotatable bonds is 2. The highest BCUT2D eigenvalue weighted by Gasteiger charge is 2.40. The molecule has 0 saturated carbocycles. The molecule has 0 radical (unpaired) electrons. The summed E-state index contributed by atoms with van der Waals surface area (Å²) in [5, 5.41) is 6.12. The predicted octanol–water partition coefficient (Wildman–Crippen LogP) is 3.14. The van der Waals surface area contributed by atoms with E-state index in [2.05, 4.69) is 10.1 Å². The summed E-state index contributed by atoms with van der Waals surface area (Å²) in [7, 11) is 3.40. The number of aryl methyl sites for hydroxylation is 1. The minimum absolute atomic E-state index is 0.124. The average Bonchev–Trinajstić information content (AvgIpc) is 3.32. The fourth-order valence-corrected chi connectivity index (χ4v) is 5.19. The van der Waals surface area contributed by atoms with Crippen LogP contribution in [0.1, 0.15) is 57.9 Å². The second kappa shape index (κ2) is 7.31. The first-order chi connectivity index (χ1) is 14.0. The van der Waals surface area contributed by atoms with E-state index >= 15 is 0 Å². The van der Waals surface area contributed by atoms with Crippen molar-refractivity contribution in [2.45, 2.75) is 45.8 Å². The summed E-state index contributed by atoms with van der Waals surface area (Å²) >= 11 is 2.78. The molecular formula is C19H24N6O3S2. The molecule has 1 aliphatic rings. The van der Waals surface area contributed by atoms with Gasteiger partial charge < -0.3 is 9.64 Å². The third-order valence-electron chi connectivity index (χ3n) is 4.58. The zero-order chi connectivity index (χ0) is 21.8. The van der Waals surface area contributed by atoms with Gasteiger partial charge in [0.1, 0.15) is 26.5 Å². The Bertz CT molecular complexity index is 1120. The maximum Gasteiger partial charge on any atom is 0.411 e. The van der Waals surface area contributed by atoms with Crippen molar-refractivity contribution in [2.75, 3.05) is 20.6 Å². The Kier molecular flexibility index (Phi) is 5.05. The molecule has 0 saturated heterocycles. The summed E-state index contributed by atoms with van der Waals surface area (Å²) in [5.74, 6) is -0.124. The lowest BCUT2D eigenvalue weighted by Gasteiger charge is -2.35. The highest BCUT2D eigenvalue weighted by atomic mass is 32.1. The molecule has 4 rings (SSSR count). The van der Waals surface area contributed by atoms with Crippen molar-refractivity contribution < 1.29 is 14.3 Å². The topological polar surface area (TPSA) is 92.9 Å². The molecule has 1 atom stereocenters. The number of amides is 2. The van der Waals surface area contributed by atoms with Crippen LogP contribution in [0.15, 0.2) is 6.20 Å². The Morgan fingerprint density at radius 3 is 2.67 bits per heavy atom. The fraction of sp³-hybridized carbons (Fsp3) is 0.526. The molecule has 160 valence electrons. The van der Waals surface area contributed by atoms with Gasteiger partial charge in [0, 0.05) is 27.1 Å². The van der Waals surface area contributed by atoms with E-state index in [1.165, 1.54) is 27.6 Å². The standard InChI is InChI=1S/C19H24N6O3S2/c1-10-22-25-13-11(21-17(25)29-10)7-8-24(18(27)28-19(2,3)4)14(13)15-20-9-12(30-15)16(26)23(5)6/h9,14H,7-8H2,1-6H3. The maximum absolute atomic E-state index is 13.1. The Balaban J connectivity index is 1.83. The first-order valence-electron chi connectivity index (χ1n) is 9.57. The van der Waals surface area contributed by atoms with Gasteiger partial charge in [0.15, 0.2) is 0 Å². The Labute approximate surface area is 182 Å². The largest absolute Gasteiger partial charge is 0.444 e. The molecule has 11 heteroatoms. The Morgan fingerprint density at radius 1 is 1.27 bits per heavy atom. The van der Waals surface area contributed by atoms with Crippen molar-refractivity contribution in [3.05, 3.63) is 32.5 Å². The predicted molar refractivity (Wildman–Crippen MR) is 114 cm³/mol. The number of nitrogens with zero attached hydrogens (tertiary/aromatic N) is 6. The normalized spacial score (nSPS) is 16.6. The number of ether oxygens (including phenoxy) is 1. The number of hydrogen-bond acceptors (Lipinski definition) is 8. The summed E-state index contributed by atoms with van der Waals surface area (Å²) in [6.07, 6.45) is 1.75. The van der Waals surface area contributed by atoms with Crippen LogP contribution in [0.5, 0.6) is 0 Å². The quantitative estimate of drug-likeness (QED) is 0.598. The molecule has 0 bridgehead atoms. The van der Waals surface area contributed by atoms with Crippen molar-refractivity contribution in [1.82, 2.24) is 29.4 Å². The van der Waals surface area contributed by atoms with E-state index in [0.717, 1.165) is 21.4 Å². The Hall–Kier alpha value is -2.53. The lowest BCUT2D eigenvalue weighted by molar-refractivity contribution is 0.0172. The van der Waals surface area contributed by atoms with Crippen molar-refractivity contribution in [2.24, 2.45) is 0 Å². The van der Waals surface area contributed by atoms with Crippen LogP contribution in [-0.2, 0) is 11.2 Å². The summed E-state index contributed by atoms with van der Waals surface area (Å²) in [4.78, 5) is 39.2. The third-order valence-corrected chi connectivity index (χ3v) is 6.44. The van der Waals surface area contributed by atoms with Crippen LogP contribution < -0.4 is 0 Å². The van der Waals surface area contributed by atoms with Gasteiger partial charge in [-0.2, -0.15) is 5.10 Å². The second-order valence-corrected chi connectivity index (χ2v) is 10.6. The van der Waals surface area contributed by atoms with Crippen LogP contribution in [-0.4, -0.2) is 67.6 Å². The molecule has 4 heterocycles. The summed E-state index contributed by atoms with van der Waals surface area (Å²) in [6, 6.07) is -0.520. The summed E-state index contributed by atoms with van der Waals surface area (Å²) in [6.45, 7) is 7.90. The van der Waals surface area contributed by atoms with Gasteiger partial charge in [-0.05, 0) is 27.7 Å². The van der Waals surface area contributed by atoms with Gasteiger partial charge in [-0.25, -0.2) is 19.3 Å². The highest BCUT2D eigenvalue weighted by molar-refractivity contribution is 7.16. The van der Waals surface area contributed by atoms with Crippen molar-refractivity contribution in [3.8, 4) is 0 Å². The Morgan fingerprint density at radius 2 is 2.00 bits per heavy atom. The van der Waals surface area contributed by atoms with Crippen LogP contribution >= 0.6 is 22.7 Å². The highest BCUT2D eigenvalue weighted by Crippen LogP contribution is 2.39. The van der Waals surface area contributed by atoms with E-state index in [9.17, 15) is 9.59 Å².